The van der Waals surface area contributed by atoms with E-state index in [0.717, 1.165) is 45.3 Å². The minimum absolute atomic E-state index is 0.128. The van der Waals surface area contributed by atoms with Gasteiger partial charge in [-0.15, -0.1) is 0 Å². The fourth-order valence-corrected chi connectivity index (χ4v) is 7.40. The summed E-state index contributed by atoms with van der Waals surface area (Å²) in [7, 11) is 3.90. The predicted molar refractivity (Wildman–Crippen MR) is 246 cm³/mol. The number of amides is 2. The summed E-state index contributed by atoms with van der Waals surface area (Å²) in [5, 5.41) is 2.71. The van der Waals surface area contributed by atoms with Crippen LogP contribution in [-0.4, -0.2) is 94.5 Å². The van der Waals surface area contributed by atoms with Gasteiger partial charge in [-0.2, -0.15) is 0 Å². The lowest BCUT2D eigenvalue weighted by Crippen LogP contribution is -2.36. The Morgan fingerprint density at radius 2 is 0.741 bits per heavy atom. The van der Waals surface area contributed by atoms with Crippen molar-refractivity contribution < 1.29 is 28.5 Å². The van der Waals surface area contributed by atoms with Gasteiger partial charge < -0.3 is 34.1 Å². The maximum absolute atomic E-state index is 13.2. The van der Waals surface area contributed by atoms with Crippen LogP contribution in [-0.2, 0) is 18.9 Å². The van der Waals surface area contributed by atoms with Gasteiger partial charge in [-0.05, 0) is 40.8 Å². The quantitative estimate of drug-likeness (QED) is 0.0483. The van der Waals surface area contributed by atoms with Crippen LogP contribution >= 0.6 is 0 Å². The summed E-state index contributed by atoms with van der Waals surface area (Å²) >= 11 is 0. The highest BCUT2D eigenvalue weighted by molar-refractivity contribution is 5.67. The molecule has 0 aliphatic carbocycles. The number of carbonyl (C=O) groups excluding carboxylic acids is 2. The van der Waals surface area contributed by atoms with E-state index in [0.29, 0.717) is 6.54 Å². The predicted octanol–water partition coefficient (Wildman–Crippen LogP) is 14.0. The summed E-state index contributed by atoms with van der Waals surface area (Å²) in [4.78, 5) is 28.9. The molecule has 0 aromatic carbocycles. The molecule has 0 heterocycles. The fraction of sp³-hybridized carbons (Fsp3) is 0.959. The Morgan fingerprint density at radius 3 is 1.07 bits per heavy atom. The summed E-state index contributed by atoms with van der Waals surface area (Å²) in [5.41, 5.74) is 0. The van der Waals surface area contributed by atoms with E-state index in [1.165, 1.54) is 180 Å². The van der Waals surface area contributed by atoms with Crippen LogP contribution in [0.25, 0.3) is 0 Å². The first-order chi connectivity index (χ1) is 28.2. The first kappa shape index (κ1) is 56.4. The molecule has 0 bridgehead atoms. The molecular weight excluding hydrogens is 727 g/mol. The number of nitrogens with one attached hydrogen (secondary N) is 1. The third kappa shape index (κ3) is 42.5. The minimum atomic E-state index is -0.891. The summed E-state index contributed by atoms with van der Waals surface area (Å²) < 4.78 is 22.5. The molecule has 0 aliphatic rings. The number of ether oxygens (including phenoxy) is 4. The zero-order chi connectivity index (χ0) is 42.6. The van der Waals surface area contributed by atoms with E-state index in [9.17, 15) is 9.59 Å². The van der Waals surface area contributed by atoms with Crippen LogP contribution in [0.1, 0.15) is 233 Å². The maximum Gasteiger partial charge on any atom is 0.409 e. The van der Waals surface area contributed by atoms with Crippen molar-refractivity contribution in [3.63, 3.8) is 0 Å². The van der Waals surface area contributed by atoms with E-state index in [2.05, 4.69) is 19.2 Å². The second kappa shape index (κ2) is 43.5. The van der Waals surface area contributed by atoms with Gasteiger partial charge in [-0.3, -0.25) is 0 Å². The number of nitrogens with zero attached hydrogens (tertiary/aromatic N) is 2. The molecule has 0 aliphatic heterocycles. The van der Waals surface area contributed by atoms with Gasteiger partial charge >= 0.3 is 12.2 Å². The molecule has 0 spiro atoms. The van der Waals surface area contributed by atoms with Crippen LogP contribution in [0.15, 0.2) is 0 Å². The van der Waals surface area contributed by atoms with Crippen LogP contribution in [0.4, 0.5) is 9.59 Å². The number of carbonyl (C=O) groups is 2. The lowest BCUT2D eigenvalue weighted by molar-refractivity contribution is -0.220. The Labute approximate surface area is 360 Å². The van der Waals surface area contributed by atoms with Crippen molar-refractivity contribution in [2.45, 2.75) is 239 Å². The number of hydrogen-bond acceptors (Lipinski definition) is 7. The van der Waals surface area contributed by atoms with Crippen LogP contribution < -0.4 is 5.32 Å². The van der Waals surface area contributed by atoms with Crippen LogP contribution in [0.5, 0.6) is 0 Å². The molecule has 0 unspecified atom stereocenters. The number of unbranched alkanes of at least 4 members (excludes halogenated alkanes) is 30. The van der Waals surface area contributed by atoms with Gasteiger partial charge in [0.25, 0.3) is 0 Å². The second-order valence-electron chi connectivity index (χ2n) is 17.7. The number of rotatable bonds is 45. The average Bonchev–Trinajstić information content (AvgIpc) is 3.19. The normalized spacial score (nSPS) is 11.7. The lowest BCUT2D eigenvalue weighted by atomic mass is 10.0. The molecule has 0 saturated carbocycles. The van der Waals surface area contributed by atoms with E-state index in [4.69, 9.17) is 18.9 Å². The Bertz CT molecular complexity index is 837. The van der Waals surface area contributed by atoms with Crippen molar-refractivity contribution in [1.82, 2.24) is 15.1 Å². The lowest BCUT2D eigenvalue weighted by Gasteiger charge is -2.26. The zero-order valence-electron chi connectivity index (χ0n) is 39.6. The maximum atomic E-state index is 13.2. The van der Waals surface area contributed by atoms with Gasteiger partial charge in [-0.1, -0.05) is 206 Å². The highest BCUT2D eigenvalue weighted by atomic mass is 16.7. The summed E-state index contributed by atoms with van der Waals surface area (Å²) in [6.45, 7) is 11.7. The first-order valence-electron chi connectivity index (χ1n) is 25.0. The molecule has 2 amide bonds. The smallest absolute Gasteiger partial charge is 0.409 e. The van der Waals surface area contributed by atoms with Crippen molar-refractivity contribution in [1.29, 1.82) is 0 Å². The Hall–Kier alpha value is -1.58. The van der Waals surface area contributed by atoms with Crippen molar-refractivity contribution in [2.24, 2.45) is 0 Å². The highest BCUT2D eigenvalue weighted by Gasteiger charge is 2.20. The van der Waals surface area contributed by atoms with Gasteiger partial charge in [0.2, 0.25) is 0 Å². The molecule has 0 rings (SSSR count). The van der Waals surface area contributed by atoms with E-state index in [1.807, 2.05) is 37.7 Å². The molecule has 0 atom stereocenters. The van der Waals surface area contributed by atoms with Crippen molar-refractivity contribution in [2.75, 3.05) is 66.7 Å². The standard InChI is InChI=1S/C49H99N3O6/c1-7-9-11-13-15-17-19-21-23-25-27-29-31-33-35-37-40-52(41-38-36-34-32-30-28-26-24-22-20-18-16-14-12-10-8-2)48(54)56-44-46-58-49(3,4)57-45-43-55-47(53)50-39-42-51(5)6/h7-46H2,1-6H3,(H,50,53). The van der Waals surface area contributed by atoms with E-state index in [1.54, 1.807) is 0 Å². The van der Waals surface area contributed by atoms with E-state index >= 15 is 0 Å². The van der Waals surface area contributed by atoms with Gasteiger partial charge in [0.1, 0.15) is 13.2 Å². The largest absolute Gasteiger partial charge is 0.447 e. The van der Waals surface area contributed by atoms with Crippen LogP contribution in [0.3, 0.4) is 0 Å². The third-order valence-corrected chi connectivity index (χ3v) is 11.2. The number of alkyl carbamates (subject to hydrolysis) is 1. The Balaban J connectivity index is 4.33. The molecule has 346 valence electrons. The molecular formula is C49H99N3O6. The van der Waals surface area contributed by atoms with Gasteiger partial charge in [0, 0.05) is 26.2 Å². The topological polar surface area (TPSA) is 89.6 Å². The molecule has 0 saturated heterocycles. The molecule has 0 radical (unpaired) electrons. The van der Waals surface area contributed by atoms with Crippen molar-refractivity contribution >= 4 is 12.2 Å². The zero-order valence-corrected chi connectivity index (χ0v) is 39.6. The van der Waals surface area contributed by atoms with Crippen LogP contribution in [0, 0.1) is 0 Å². The molecule has 0 aromatic heterocycles. The molecule has 1 N–H and O–H groups in total. The van der Waals surface area contributed by atoms with Crippen LogP contribution in [0.2, 0.25) is 0 Å². The van der Waals surface area contributed by atoms with E-state index in [-0.39, 0.29) is 32.5 Å². The van der Waals surface area contributed by atoms with Gasteiger partial charge in [0.05, 0.1) is 13.2 Å². The summed E-state index contributed by atoms with van der Waals surface area (Å²) in [6.07, 6.45) is 42.2. The molecule has 0 aromatic rings. The summed E-state index contributed by atoms with van der Waals surface area (Å²) in [5.74, 6) is -0.891. The molecule has 58 heavy (non-hydrogen) atoms. The Kier molecular flexibility index (Phi) is 42.3. The molecule has 0 fully saturated rings. The SMILES string of the molecule is CCCCCCCCCCCCCCCCCCN(CCCCCCCCCCCCCCCCCC)C(=O)OCCOC(C)(C)OCCOC(=O)NCCN(C)C. The minimum Gasteiger partial charge on any atom is -0.447 e. The third-order valence-electron chi connectivity index (χ3n) is 11.2. The van der Waals surface area contributed by atoms with Gasteiger partial charge in [-0.25, -0.2) is 9.59 Å². The first-order valence-corrected chi connectivity index (χ1v) is 25.0. The number of hydrogen-bond donors (Lipinski definition) is 1. The second-order valence-corrected chi connectivity index (χ2v) is 17.7. The average molecular weight is 826 g/mol. The van der Waals surface area contributed by atoms with Gasteiger partial charge in [0.15, 0.2) is 5.79 Å². The monoisotopic (exact) mass is 826 g/mol. The Morgan fingerprint density at radius 1 is 0.431 bits per heavy atom. The number of likely N-dealkylation sites (N-methyl/N-ethyl adjacent to an activating group) is 1. The van der Waals surface area contributed by atoms with Crippen molar-refractivity contribution in [3.05, 3.63) is 0 Å². The molecule has 9 nitrogen and oxygen atoms in total. The van der Waals surface area contributed by atoms with E-state index < -0.39 is 11.9 Å². The molecule has 9 heteroatoms. The summed E-state index contributed by atoms with van der Waals surface area (Å²) in [6, 6.07) is 0. The fourth-order valence-electron chi connectivity index (χ4n) is 7.40. The van der Waals surface area contributed by atoms with Crippen molar-refractivity contribution in [3.8, 4) is 0 Å². The highest BCUT2D eigenvalue weighted by Crippen LogP contribution is 2.17.